The van der Waals surface area contributed by atoms with E-state index in [2.05, 4.69) is 41.1 Å². The lowest BCUT2D eigenvalue weighted by Crippen LogP contribution is -2.42. The number of nitrogens with one attached hydrogen (secondary N) is 1. The summed E-state index contributed by atoms with van der Waals surface area (Å²) in [5.41, 5.74) is 1.56. The molecule has 0 atom stereocenters. The fraction of sp³-hybridized carbons (Fsp3) is 0.500. The Morgan fingerprint density at radius 3 is 2.79 bits per heavy atom. The van der Waals surface area contributed by atoms with Crippen molar-refractivity contribution in [2.75, 3.05) is 19.6 Å². The molecule has 1 fully saturated rings. The highest BCUT2D eigenvalue weighted by molar-refractivity contribution is 5.80. The van der Waals surface area contributed by atoms with Crippen molar-refractivity contribution in [3.05, 3.63) is 36.0 Å². The first-order valence-corrected chi connectivity index (χ1v) is 7.24. The number of nitrogens with zero attached hydrogens (tertiary/aromatic N) is 1. The second-order valence-corrected chi connectivity index (χ2v) is 5.65. The van der Waals surface area contributed by atoms with E-state index in [1.54, 1.807) is 0 Å². The smallest absolute Gasteiger partial charge is 0.0921 e. The lowest BCUT2D eigenvalue weighted by atomic mass is 9.84. The van der Waals surface area contributed by atoms with Crippen LogP contribution < -0.4 is 0 Å². The third-order valence-electron chi connectivity index (χ3n) is 4.31. The summed E-state index contributed by atoms with van der Waals surface area (Å²) in [4.78, 5) is 5.64. The summed E-state index contributed by atoms with van der Waals surface area (Å²) < 4.78 is 0. The van der Waals surface area contributed by atoms with Crippen LogP contribution >= 0.6 is 0 Å². The summed E-state index contributed by atoms with van der Waals surface area (Å²) in [6.07, 6.45) is 4.81. The van der Waals surface area contributed by atoms with Crippen molar-refractivity contribution in [3.63, 3.8) is 0 Å². The Morgan fingerprint density at radius 1 is 1.26 bits per heavy atom. The Labute approximate surface area is 114 Å². The van der Waals surface area contributed by atoms with E-state index in [1.807, 2.05) is 6.20 Å². The summed E-state index contributed by atoms with van der Waals surface area (Å²) in [5, 5.41) is 12.1. The summed E-state index contributed by atoms with van der Waals surface area (Å²) in [7, 11) is 0. The van der Waals surface area contributed by atoms with Gasteiger partial charge in [0.05, 0.1) is 5.60 Å². The summed E-state index contributed by atoms with van der Waals surface area (Å²) in [6.45, 7) is 5.35. The standard InChI is InChI=1S/C16H22N2O/c1-2-9-18-10-6-16(19,7-11-18)14-3-4-15-13(12-14)5-8-17-15/h3-5,8,12,17,19H,2,6-7,9-11H2,1H3. The average Bonchev–Trinajstić information content (AvgIpc) is 2.89. The number of aromatic amines is 1. The number of piperidine rings is 1. The molecule has 3 rings (SSSR count). The first kappa shape index (κ1) is 12.7. The Kier molecular flexibility index (Phi) is 3.33. The molecule has 0 unspecified atom stereocenters. The number of aromatic nitrogens is 1. The van der Waals surface area contributed by atoms with Gasteiger partial charge in [0.25, 0.3) is 0 Å². The highest BCUT2D eigenvalue weighted by Crippen LogP contribution is 2.34. The van der Waals surface area contributed by atoms with E-state index in [4.69, 9.17) is 0 Å². The highest BCUT2D eigenvalue weighted by Gasteiger charge is 2.33. The number of benzene rings is 1. The minimum Gasteiger partial charge on any atom is -0.385 e. The number of rotatable bonds is 3. The van der Waals surface area contributed by atoms with Crippen LogP contribution in [-0.2, 0) is 5.60 Å². The van der Waals surface area contributed by atoms with Crippen molar-refractivity contribution in [3.8, 4) is 0 Å². The maximum atomic E-state index is 10.9. The molecule has 1 aromatic carbocycles. The maximum absolute atomic E-state index is 10.9. The number of hydrogen-bond donors (Lipinski definition) is 2. The molecule has 1 saturated heterocycles. The Bertz CT molecular complexity index is 553. The number of hydrogen-bond acceptors (Lipinski definition) is 2. The van der Waals surface area contributed by atoms with Gasteiger partial charge in [-0.3, -0.25) is 0 Å². The first-order valence-electron chi connectivity index (χ1n) is 7.24. The molecular weight excluding hydrogens is 236 g/mol. The van der Waals surface area contributed by atoms with Gasteiger partial charge in [0, 0.05) is 24.8 Å². The molecule has 0 saturated carbocycles. The van der Waals surface area contributed by atoms with Crippen LogP contribution in [-0.4, -0.2) is 34.6 Å². The van der Waals surface area contributed by atoms with Gasteiger partial charge in [0.2, 0.25) is 0 Å². The molecule has 3 heteroatoms. The monoisotopic (exact) mass is 258 g/mol. The fourth-order valence-electron chi connectivity index (χ4n) is 3.09. The largest absolute Gasteiger partial charge is 0.385 e. The second-order valence-electron chi connectivity index (χ2n) is 5.65. The van der Waals surface area contributed by atoms with Gasteiger partial charge in [-0.2, -0.15) is 0 Å². The van der Waals surface area contributed by atoms with Gasteiger partial charge in [-0.1, -0.05) is 13.0 Å². The number of H-pyrrole nitrogens is 1. The molecule has 19 heavy (non-hydrogen) atoms. The molecule has 2 N–H and O–H groups in total. The minimum absolute atomic E-state index is 0.643. The number of fused-ring (bicyclic) bond motifs is 1. The zero-order chi connectivity index (χ0) is 13.3. The predicted molar refractivity (Wildman–Crippen MR) is 78.2 cm³/mol. The van der Waals surface area contributed by atoms with E-state index in [0.29, 0.717) is 0 Å². The second kappa shape index (κ2) is 4.99. The zero-order valence-electron chi connectivity index (χ0n) is 11.5. The SMILES string of the molecule is CCCN1CCC(O)(c2ccc3[nH]ccc3c2)CC1. The van der Waals surface area contributed by atoms with Crippen LogP contribution in [0.15, 0.2) is 30.5 Å². The third-order valence-corrected chi connectivity index (χ3v) is 4.31. The Morgan fingerprint density at radius 2 is 2.05 bits per heavy atom. The van der Waals surface area contributed by atoms with Crippen LogP contribution in [0.1, 0.15) is 31.7 Å². The normalized spacial score (nSPS) is 19.9. The van der Waals surface area contributed by atoms with Crippen LogP contribution in [0.3, 0.4) is 0 Å². The van der Waals surface area contributed by atoms with E-state index in [1.165, 1.54) is 11.8 Å². The van der Waals surface area contributed by atoms with Gasteiger partial charge in [-0.15, -0.1) is 0 Å². The van der Waals surface area contributed by atoms with Crippen molar-refractivity contribution in [1.82, 2.24) is 9.88 Å². The summed E-state index contributed by atoms with van der Waals surface area (Å²) in [6, 6.07) is 8.32. The van der Waals surface area contributed by atoms with Crippen LogP contribution in [0.25, 0.3) is 10.9 Å². The van der Waals surface area contributed by atoms with Crippen molar-refractivity contribution in [2.24, 2.45) is 0 Å². The molecule has 1 aliphatic heterocycles. The molecule has 2 aromatic rings. The van der Waals surface area contributed by atoms with E-state index >= 15 is 0 Å². The van der Waals surface area contributed by atoms with Gasteiger partial charge < -0.3 is 15.0 Å². The first-order chi connectivity index (χ1) is 9.21. The molecule has 0 spiro atoms. The zero-order valence-corrected chi connectivity index (χ0v) is 11.5. The van der Waals surface area contributed by atoms with Crippen LogP contribution in [0.5, 0.6) is 0 Å². The van der Waals surface area contributed by atoms with Crippen molar-refractivity contribution in [2.45, 2.75) is 31.8 Å². The van der Waals surface area contributed by atoms with Gasteiger partial charge >= 0.3 is 0 Å². The number of likely N-dealkylation sites (tertiary alicyclic amines) is 1. The Hall–Kier alpha value is -1.32. The fourth-order valence-corrected chi connectivity index (χ4v) is 3.09. The summed E-state index contributed by atoms with van der Waals surface area (Å²) >= 11 is 0. The molecule has 3 nitrogen and oxygen atoms in total. The summed E-state index contributed by atoms with van der Waals surface area (Å²) in [5.74, 6) is 0. The van der Waals surface area contributed by atoms with Crippen molar-refractivity contribution >= 4 is 10.9 Å². The van der Waals surface area contributed by atoms with Crippen LogP contribution in [0.4, 0.5) is 0 Å². The van der Waals surface area contributed by atoms with Gasteiger partial charge in [0.15, 0.2) is 0 Å². The molecule has 0 aliphatic carbocycles. The van der Waals surface area contributed by atoms with Crippen molar-refractivity contribution in [1.29, 1.82) is 0 Å². The lowest BCUT2D eigenvalue weighted by Gasteiger charge is -2.38. The molecule has 0 amide bonds. The van der Waals surface area contributed by atoms with Gasteiger partial charge in [-0.25, -0.2) is 0 Å². The third kappa shape index (κ3) is 2.40. The van der Waals surface area contributed by atoms with Crippen LogP contribution in [0, 0.1) is 0 Å². The van der Waals surface area contributed by atoms with E-state index < -0.39 is 5.60 Å². The molecule has 1 aromatic heterocycles. The topological polar surface area (TPSA) is 39.3 Å². The average molecular weight is 258 g/mol. The van der Waals surface area contributed by atoms with Crippen molar-refractivity contribution < 1.29 is 5.11 Å². The molecule has 0 bridgehead atoms. The Balaban J connectivity index is 1.80. The maximum Gasteiger partial charge on any atom is 0.0921 e. The number of aliphatic hydroxyl groups is 1. The van der Waals surface area contributed by atoms with E-state index in [0.717, 1.165) is 43.6 Å². The molecule has 0 radical (unpaired) electrons. The van der Waals surface area contributed by atoms with Gasteiger partial charge in [0.1, 0.15) is 0 Å². The van der Waals surface area contributed by atoms with E-state index in [-0.39, 0.29) is 0 Å². The predicted octanol–water partition coefficient (Wildman–Crippen LogP) is 2.86. The van der Waals surface area contributed by atoms with Gasteiger partial charge in [-0.05, 0) is 55.0 Å². The molecule has 1 aliphatic rings. The lowest BCUT2D eigenvalue weighted by molar-refractivity contribution is -0.0256. The quantitative estimate of drug-likeness (QED) is 0.888. The van der Waals surface area contributed by atoms with Crippen LogP contribution in [0.2, 0.25) is 0 Å². The molecule has 102 valence electrons. The molecule has 2 heterocycles. The highest BCUT2D eigenvalue weighted by atomic mass is 16.3. The van der Waals surface area contributed by atoms with E-state index in [9.17, 15) is 5.11 Å². The molecular formula is C16H22N2O. The minimum atomic E-state index is -0.643.